The molecule has 0 radical (unpaired) electrons. The molecule has 1 heterocycles. The fraction of sp³-hybridized carbons (Fsp3) is 0.714. The van der Waals surface area contributed by atoms with Crippen LogP contribution in [0.1, 0.15) is 56.9 Å². The molecule has 0 aromatic carbocycles. The first-order chi connectivity index (χ1) is 7.71. The minimum atomic E-state index is -0.529. The largest absolute Gasteiger partial charge is 0.386 e. The molecule has 0 aliphatic carbocycles. The number of thiophene rings is 1. The van der Waals surface area contributed by atoms with Gasteiger partial charge in [-0.25, -0.2) is 0 Å². The van der Waals surface area contributed by atoms with Crippen LogP contribution < -0.4 is 5.73 Å². The van der Waals surface area contributed by atoms with Crippen molar-refractivity contribution in [3.63, 3.8) is 0 Å². The third-order valence-corrected chi connectivity index (χ3v) is 4.39. The number of hydrogen-bond acceptors (Lipinski definition) is 3. The molecule has 3 heteroatoms. The van der Waals surface area contributed by atoms with E-state index in [1.807, 2.05) is 6.07 Å². The minimum Gasteiger partial charge on any atom is -0.386 e. The fourth-order valence-corrected chi connectivity index (χ4v) is 2.93. The summed E-state index contributed by atoms with van der Waals surface area (Å²) in [4.78, 5) is 2.28. The zero-order chi connectivity index (χ0) is 13.2. The van der Waals surface area contributed by atoms with E-state index in [0.29, 0.717) is 5.92 Å². The van der Waals surface area contributed by atoms with Gasteiger partial charge in [0.25, 0.3) is 0 Å². The molecule has 0 amide bonds. The number of rotatable bonds is 4. The Labute approximate surface area is 109 Å². The molecule has 0 saturated heterocycles. The summed E-state index contributed by atoms with van der Waals surface area (Å²) in [6, 6.07) is 3.95. The average molecular weight is 255 g/mol. The van der Waals surface area contributed by atoms with Gasteiger partial charge in [0.2, 0.25) is 0 Å². The summed E-state index contributed by atoms with van der Waals surface area (Å²) in [5.74, 6) is 0.515. The lowest BCUT2D eigenvalue weighted by atomic mass is 9.95. The van der Waals surface area contributed by atoms with E-state index in [1.165, 1.54) is 4.88 Å². The molecular formula is C14H25NOS. The number of aliphatic hydroxyl groups is 1. The number of hydrogen-bond donors (Lipinski definition) is 2. The normalized spacial score (nSPS) is 16.2. The van der Waals surface area contributed by atoms with Gasteiger partial charge in [-0.15, -0.1) is 11.3 Å². The Kier molecular flexibility index (Phi) is 4.76. The second-order valence-corrected chi connectivity index (χ2v) is 7.31. The second kappa shape index (κ2) is 5.51. The number of nitrogens with two attached hydrogens (primary N) is 1. The van der Waals surface area contributed by atoms with Crippen LogP contribution in [0, 0.1) is 5.92 Å². The highest BCUT2D eigenvalue weighted by molar-refractivity contribution is 7.12. The van der Waals surface area contributed by atoms with Crippen molar-refractivity contribution in [2.24, 2.45) is 11.7 Å². The Morgan fingerprint density at radius 3 is 2.29 bits per heavy atom. The monoisotopic (exact) mass is 255 g/mol. The maximum absolute atomic E-state index is 10.2. The number of aliphatic hydroxyl groups excluding tert-OH is 1. The van der Waals surface area contributed by atoms with Crippen molar-refractivity contribution >= 4 is 11.3 Å². The standard InChI is InChI=1S/C14H25NOS/c1-9(2)8-10(15)13(16)11-6-7-12(17-11)14(3,4)5/h6-7,9-10,13,16H,8,15H2,1-5H3. The molecule has 3 N–H and O–H groups in total. The van der Waals surface area contributed by atoms with Crippen LogP contribution in [0.2, 0.25) is 0 Å². The van der Waals surface area contributed by atoms with Gasteiger partial charge < -0.3 is 10.8 Å². The first-order valence-corrected chi connectivity index (χ1v) is 7.07. The zero-order valence-electron chi connectivity index (χ0n) is 11.5. The molecule has 2 nitrogen and oxygen atoms in total. The lowest BCUT2D eigenvalue weighted by molar-refractivity contribution is 0.139. The molecule has 0 bridgehead atoms. The lowest BCUT2D eigenvalue weighted by Crippen LogP contribution is -2.29. The molecular weight excluding hydrogens is 230 g/mol. The van der Waals surface area contributed by atoms with E-state index in [4.69, 9.17) is 5.73 Å². The van der Waals surface area contributed by atoms with Crippen LogP contribution in [-0.4, -0.2) is 11.1 Å². The summed E-state index contributed by atoms with van der Waals surface area (Å²) in [7, 11) is 0. The Bertz CT molecular complexity index is 351. The fourth-order valence-electron chi connectivity index (χ4n) is 1.80. The van der Waals surface area contributed by atoms with Crippen LogP contribution in [0.15, 0.2) is 12.1 Å². The van der Waals surface area contributed by atoms with Crippen LogP contribution in [0.25, 0.3) is 0 Å². The van der Waals surface area contributed by atoms with Crippen molar-refractivity contribution < 1.29 is 5.11 Å². The van der Waals surface area contributed by atoms with Crippen molar-refractivity contribution in [3.05, 3.63) is 21.9 Å². The summed E-state index contributed by atoms with van der Waals surface area (Å²) in [5.41, 5.74) is 6.17. The van der Waals surface area contributed by atoms with Crippen LogP contribution in [0.3, 0.4) is 0 Å². The molecule has 1 rings (SSSR count). The Morgan fingerprint density at radius 2 is 1.88 bits per heavy atom. The van der Waals surface area contributed by atoms with E-state index >= 15 is 0 Å². The Hall–Kier alpha value is -0.380. The maximum Gasteiger partial charge on any atom is 0.103 e. The van der Waals surface area contributed by atoms with Gasteiger partial charge in [0.15, 0.2) is 0 Å². The van der Waals surface area contributed by atoms with Gasteiger partial charge >= 0.3 is 0 Å². The molecule has 0 spiro atoms. The molecule has 0 fully saturated rings. The SMILES string of the molecule is CC(C)CC(N)C(O)c1ccc(C(C)(C)C)s1. The van der Waals surface area contributed by atoms with Gasteiger partial charge in [-0.3, -0.25) is 0 Å². The predicted molar refractivity (Wildman–Crippen MR) is 75.4 cm³/mol. The molecule has 0 aliphatic heterocycles. The molecule has 0 aliphatic rings. The van der Waals surface area contributed by atoms with Crippen molar-refractivity contribution in [1.29, 1.82) is 0 Å². The van der Waals surface area contributed by atoms with Crippen molar-refractivity contribution in [1.82, 2.24) is 0 Å². The Balaban J connectivity index is 2.76. The van der Waals surface area contributed by atoms with E-state index in [1.54, 1.807) is 11.3 Å². The molecule has 1 aromatic rings. The second-order valence-electron chi connectivity index (χ2n) is 6.19. The van der Waals surface area contributed by atoms with Gasteiger partial charge in [0, 0.05) is 15.8 Å². The molecule has 0 saturated carbocycles. The van der Waals surface area contributed by atoms with Crippen LogP contribution >= 0.6 is 11.3 Å². The first kappa shape index (κ1) is 14.7. The summed E-state index contributed by atoms with van der Waals surface area (Å²) < 4.78 is 0. The first-order valence-electron chi connectivity index (χ1n) is 6.25. The molecule has 17 heavy (non-hydrogen) atoms. The highest BCUT2D eigenvalue weighted by Crippen LogP contribution is 2.33. The van der Waals surface area contributed by atoms with E-state index in [0.717, 1.165) is 11.3 Å². The highest BCUT2D eigenvalue weighted by Gasteiger charge is 2.22. The van der Waals surface area contributed by atoms with E-state index in [-0.39, 0.29) is 11.5 Å². The van der Waals surface area contributed by atoms with Gasteiger partial charge in [0.1, 0.15) is 6.10 Å². The van der Waals surface area contributed by atoms with E-state index in [9.17, 15) is 5.11 Å². The highest BCUT2D eigenvalue weighted by atomic mass is 32.1. The average Bonchev–Trinajstić information content (AvgIpc) is 2.63. The summed E-state index contributed by atoms with van der Waals surface area (Å²) in [6.07, 6.45) is 0.322. The van der Waals surface area contributed by atoms with Gasteiger partial charge in [-0.2, -0.15) is 0 Å². The van der Waals surface area contributed by atoms with E-state index in [2.05, 4.69) is 40.7 Å². The predicted octanol–water partition coefficient (Wildman–Crippen LogP) is 3.45. The summed E-state index contributed by atoms with van der Waals surface area (Å²) >= 11 is 1.67. The lowest BCUT2D eigenvalue weighted by Gasteiger charge is -2.20. The quantitative estimate of drug-likeness (QED) is 0.865. The zero-order valence-corrected chi connectivity index (χ0v) is 12.3. The van der Waals surface area contributed by atoms with Gasteiger partial charge in [-0.1, -0.05) is 34.6 Å². The topological polar surface area (TPSA) is 46.2 Å². The van der Waals surface area contributed by atoms with Crippen molar-refractivity contribution in [2.45, 2.75) is 58.6 Å². The van der Waals surface area contributed by atoms with Crippen molar-refractivity contribution in [3.8, 4) is 0 Å². The molecule has 2 atom stereocenters. The maximum atomic E-state index is 10.2. The van der Waals surface area contributed by atoms with Crippen LogP contribution in [0.4, 0.5) is 0 Å². The molecule has 2 unspecified atom stereocenters. The van der Waals surface area contributed by atoms with Crippen molar-refractivity contribution in [2.75, 3.05) is 0 Å². The van der Waals surface area contributed by atoms with Gasteiger partial charge in [0.05, 0.1) is 0 Å². The minimum absolute atomic E-state index is 0.144. The van der Waals surface area contributed by atoms with E-state index < -0.39 is 6.10 Å². The molecule has 98 valence electrons. The smallest absolute Gasteiger partial charge is 0.103 e. The van der Waals surface area contributed by atoms with Crippen LogP contribution in [-0.2, 0) is 5.41 Å². The van der Waals surface area contributed by atoms with Crippen LogP contribution in [0.5, 0.6) is 0 Å². The third-order valence-electron chi connectivity index (χ3n) is 2.81. The molecule has 1 aromatic heterocycles. The third kappa shape index (κ3) is 4.09. The summed E-state index contributed by atoms with van der Waals surface area (Å²) in [6.45, 7) is 10.8. The Morgan fingerprint density at radius 1 is 1.29 bits per heavy atom. The van der Waals surface area contributed by atoms with Gasteiger partial charge in [-0.05, 0) is 29.9 Å². The summed E-state index contributed by atoms with van der Waals surface area (Å²) in [5, 5.41) is 10.2.